The maximum atomic E-state index is 15.0. The molecule has 334 valence electrons. The lowest BCUT2D eigenvalue weighted by molar-refractivity contribution is -0.150. The number of ether oxygens (including phenoxy) is 2. The maximum Gasteiger partial charge on any atom is 0.249 e. The molecule has 2 aromatic heterocycles. The molecule has 4 aromatic rings. The fourth-order valence-electron chi connectivity index (χ4n) is 7.32. The van der Waals surface area contributed by atoms with Gasteiger partial charge in [0, 0.05) is 56.4 Å². The first-order valence-electron chi connectivity index (χ1n) is 20.7. The van der Waals surface area contributed by atoms with Crippen molar-refractivity contribution in [3.63, 3.8) is 0 Å². The summed E-state index contributed by atoms with van der Waals surface area (Å²) in [5.74, 6) is -4.38. The highest BCUT2D eigenvalue weighted by Gasteiger charge is 2.52. The van der Waals surface area contributed by atoms with E-state index < -0.39 is 64.4 Å². The highest BCUT2D eigenvalue weighted by Crippen LogP contribution is 2.38. The van der Waals surface area contributed by atoms with Gasteiger partial charge in [-0.3, -0.25) is 19.2 Å². The quantitative estimate of drug-likeness (QED) is 0.101. The summed E-state index contributed by atoms with van der Waals surface area (Å²) in [5.41, 5.74) is 3.04. The average molecular weight is 896 g/mol. The van der Waals surface area contributed by atoms with Gasteiger partial charge in [-0.2, -0.15) is 4.39 Å². The van der Waals surface area contributed by atoms with Crippen LogP contribution in [0.1, 0.15) is 77.6 Å². The highest BCUT2D eigenvalue weighted by atomic mass is 32.1. The minimum absolute atomic E-state index is 0.0353. The average Bonchev–Trinajstić information content (AvgIpc) is 4.01. The number of aliphatic hydroxyl groups is 1. The number of anilines is 1. The summed E-state index contributed by atoms with van der Waals surface area (Å²) in [4.78, 5) is 67.6. The minimum atomic E-state index is -1.51. The van der Waals surface area contributed by atoms with Crippen LogP contribution in [0.3, 0.4) is 0 Å². The number of aromatic nitrogens is 2. The Hall–Kier alpha value is -5.04. The summed E-state index contributed by atoms with van der Waals surface area (Å²) in [5, 5.41) is 21.8. The van der Waals surface area contributed by atoms with Crippen LogP contribution >= 0.6 is 22.7 Å². The monoisotopic (exact) mass is 895 g/mol. The van der Waals surface area contributed by atoms with Crippen molar-refractivity contribution >= 4 is 51.4 Å². The van der Waals surface area contributed by atoms with Gasteiger partial charge in [0.25, 0.3) is 0 Å². The highest BCUT2D eigenvalue weighted by molar-refractivity contribution is 7.14. The lowest BCUT2D eigenvalue weighted by atomic mass is 9.73. The summed E-state index contributed by atoms with van der Waals surface area (Å²) < 4.78 is 40.3. The molecule has 18 heteroatoms. The number of halogens is 2. The van der Waals surface area contributed by atoms with E-state index in [0.717, 1.165) is 32.9 Å². The summed E-state index contributed by atoms with van der Waals surface area (Å²) in [6.45, 7) is 13.3. The molecule has 0 aliphatic carbocycles. The Morgan fingerprint density at radius 2 is 1.73 bits per heavy atom. The Labute approximate surface area is 368 Å². The van der Waals surface area contributed by atoms with E-state index in [9.17, 15) is 33.1 Å². The Balaban J connectivity index is 0.987. The lowest BCUT2D eigenvalue weighted by Crippen LogP contribution is -2.66. The van der Waals surface area contributed by atoms with Crippen LogP contribution in [0, 0.1) is 24.0 Å². The standard InChI is InChI=1S/C44H55F2N7O7S2/c1-26(28-8-10-29(11-9-28)39-27(2)48-25-62-39)49-40(57)34-22-30(54)23-53(34)41(58)44(6,43(3,4)5)51-36(56)15-14-35(55)47-16-7-19-60-38-31(12-13-32(45)37(38)46)33-24-61-42(50-33)52-17-20-59-21-18-52/h8-13,24-26,30,34,54H,7,14-23H2,1-6H3,(H,47,55)(H,49,57)(H,51,56)/t26-,30+,34-,44-/m0/s1. The SMILES string of the molecule is Cc1ncsc1-c1ccc([C@H](C)NC(=O)[C@@H]2C[C@@H](O)CN2C(=O)[C@](C)(NC(=O)CCC(=O)NCCCOc2c(-c3csc(N4CCOCC4)n3)ccc(F)c2F)C(C)(C)C)cc1. The molecule has 4 amide bonds. The van der Waals surface area contributed by atoms with Gasteiger partial charge < -0.3 is 40.3 Å². The fourth-order valence-corrected chi connectivity index (χ4v) is 9.02. The van der Waals surface area contributed by atoms with E-state index in [1.54, 1.807) is 49.9 Å². The number of thiazole rings is 2. The van der Waals surface area contributed by atoms with Crippen LogP contribution in [0.15, 0.2) is 47.3 Å². The van der Waals surface area contributed by atoms with E-state index in [-0.39, 0.29) is 51.1 Å². The van der Waals surface area contributed by atoms with Gasteiger partial charge in [0.15, 0.2) is 16.7 Å². The van der Waals surface area contributed by atoms with Crippen LogP contribution in [-0.4, -0.2) is 107 Å². The van der Waals surface area contributed by atoms with Crippen molar-refractivity contribution in [1.29, 1.82) is 0 Å². The predicted octanol–water partition coefficient (Wildman–Crippen LogP) is 5.78. The zero-order valence-corrected chi connectivity index (χ0v) is 37.5. The second-order valence-corrected chi connectivity index (χ2v) is 18.5. The van der Waals surface area contributed by atoms with Crippen molar-refractivity contribution in [2.75, 3.05) is 50.9 Å². The van der Waals surface area contributed by atoms with E-state index >= 15 is 0 Å². The van der Waals surface area contributed by atoms with E-state index in [1.165, 1.54) is 22.3 Å². The number of β-amino-alcohol motifs (C(OH)–C–C–N with tert-alkyl or cyclic N) is 1. The van der Waals surface area contributed by atoms with E-state index in [4.69, 9.17) is 9.47 Å². The Bertz CT molecular complexity index is 2220. The zero-order chi connectivity index (χ0) is 44.8. The smallest absolute Gasteiger partial charge is 0.249 e. The van der Waals surface area contributed by atoms with Crippen molar-refractivity contribution < 1.29 is 42.5 Å². The van der Waals surface area contributed by atoms with Gasteiger partial charge in [0.1, 0.15) is 11.6 Å². The topological polar surface area (TPSA) is 175 Å². The van der Waals surface area contributed by atoms with Crippen molar-refractivity contribution in [3.8, 4) is 27.4 Å². The number of morpholine rings is 1. The number of carbonyl (C=O) groups is 4. The molecule has 2 fully saturated rings. The molecule has 0 radical (unpaired) electrons. The normalized spacial score (nSPS) is 18.2. The Morgan fingerprint density at radius 3 is 2.40 bits per heavy atom. The fraction of sp³-hybridized carbons (Fsp3) is 0.500. The minimum Gasteiger partial charge on any atom is -0.490 e. The number of nitrogens with zero attached hydrogens (tertiary/aromatic N) is 4. The van der Waals surface area contributed by atoms with Crippen molar-refractivity contribution in [2.45, 2.75) is 91.0 Å². The second kappa shape index (κ2) is 20.0. The summed E-state index contributed by atoms with van der Waals surface area (Å²) in [6, 6.07) is 8.91. The summed E-state index contributed by atoms with van der Waals surface area (Å²) in [7, 11) is 0. The van der Waals surface area contributed by atoms with E-state index in [0.29, 0.717) is 37.6 Å². The third kappa shape index (κ3) is 10.8. The van der Waals surface area contributed by atoms with Gasteiger partial charge in [-0.25, -0.2) is 14.4 Å². The molecular weight excluding hydrogens is 841 g/mol. The largest absolute Gasteiger partial charge is 0.490 e. The third-order valence-corrected chi connectivity index (χ3v) is 13.4. The van der Waals surface area contributed by atoms with Gasteiger partial charge in [0.05, 0.1) is 53.7 Å². The first-order chi connectivity index (χ1) is 29.5. The van der Waals surface area contributed by atoms with Gasteiger partial charge in [-0.05, 0) is 55.9 Å². The lowest BCUT2D eigenvalue weighted by Gasteiger charge is -2.44. The molecule has 0 spiro atoms. The number of aliphatic hydroxyl groups excluding tert-OH is 1. The van der Waals surface area contributed by atoms with E-state index in [1.807, 2.05) is 38.1 Å². The number of carbonyl (C=O) groups excluding carboxylic acids is 4. The van der Waals surface area contributed by atoms with Crippen LogP contribution in [0.5, 0.6) is 5.75 Å². The number of benzene rings is 2. The molecule has 2 saturated heterocycles. The molecule has 2 aliphatic rings. The number of aryl methyl sites for hydroxylation is 1. The van der Waals surface area contributed by atoms with Crippen LogP contribution in [0.4, 0.5) is 13.9 Å². The molecule has 4 N–H and O–H groups in total. The van der Waals surface area contributed by atoms with E-state index in [2.05, 4.69) is 30.8 Å². The molecule has 6 rings (SSSR count). The predicted molar refractivity (Wildman–Crippen MR) is 234 cm³/mol. The number of nitrogens with one attached hydrogen (secondary N) is 3. The molecule has 0 saturated carbocycles. The van der Waals surface area contributed by atoms with Crippen LogP contribution < -0.4 is 25.6 Å². The van der Waals surface area contributed by atoms with Crippen LogP contribution in [0.25, 0.3) is 21.7 Å². The van der Waals surface area contributed by atoms with Gasteiger partial charge in [-0.1, -0.05) is 45.0 Å². The van der Waals surface area contributed by atoms with Gasteiger partial charge >= 0.3 is 0 Å². The van der Waals surface area contributed by atoms with Crippen LogP contribution in [-0.2, 0) is 23.9 Å². The molecule has 0 bridgehead atoms. The number of amides is 4. The molecule has 2 aliphatic heterocycles. The first kappa shape index (κ1) is 46.5. The molecule has 2 aromatic carbocycles. The molecule has 0 unspecified atom stereocenters. The number of hydrogen-bond donors (Lipinski definition) is 4. The number of hydrogen-bond acceptors (Lipinski definition) is 12. The third-order valence-electron chi connectivity index (χ3n) is 11.5. The number of likely N-dealkylation sites (tertiary alicyclic amines) is 1. The molecule has 4 heterocycles. The van der Waals surface area contributed by atoms with Crippen LogP contribution in [0.2, 0.25) is 0 Å². The van der Waals surface area contributed by atoms with Gasteiger partial charge in [-0.15, -0.1) is 22.7 Å². The van der Waals surface area contributed by atoms with Gasteiger partial charge in [0.2, 0.25) is 29.4 Å². The molecule has 62 heavy (non-hydrogen) atoms. The second-order valence-electron chi connectivity index (χ2n) is 16.8. The number of rotatable bonds is 16. The first-order valence-corrected chi connectivity index (χ1v) is 22.5. The molecular formula is C44H55F2N7O7S2. The molecule has 14 nitrogen and oxygen atoms in total. The van der Waals surface area contributed by atoms with Crippen molar-refractivity contribution in [2.24, 2.45) is 5.41 Å². The Morgan fingerprint density at radius 1 is 1.02 bits per heavy atom. The van der Waals surface area contributed by atoms with Crippen molar-refractivity contribution in [3.05, 3.63) is 70.2 Å². The maximum absolute atomic E-state index is 15.0. The zero-order valence-electron chi connectivity index (χ0n) is 35.9. The summed E-state index contributed by atoms with van der Waals surface area (Å²) >= 11 is 2.95. The van der Waals surface area contributed by atoms with Crippen molar-refractivity contribution in [1.82, 2.24) is 30.8 Å². The Kier molecular flexibility index (Phi) is 15.0. The summed E-state index contributed by atoms with van der Waals surface area (Å²) in [6.07, 6.45) is -1.06. The molecule has 4 atom stereocenters.